The number of aliphatic hydroxyl groups is 4. The number of carbonyl (C=O) groups excluding carboxylic acids is 1. The van der Waals surface area contributed by atoms with Gasteiger partial charge in [0.1, 0.15) is 53.7 Å². The monoisotopic (exact) mass is 432 g/mol. The maximum Gasteiger partial charge on any atom is 0.235 e. The number of fused-ring (bicyclic) bond motifs is 1. The Bertz CT molecular complexity index is 984. The first-order chi connectivity index (χ1) is 14.9. The number of phenols is 1. The molecular weight excluding hydrogens is 412 g/mol. The summed E-state index contributed by atoms with van der Waals surface area (Å²) >= 11 is 0. The molecule has 0 saturated carbocycles. The number of benzene rings is 2. The Hall–Kier alpha value is -3.15. The van der Waals surface area contributed by atoms with E-state index in [4.69, 9.17) is 18.9 Å². The lowest BCUT2D eigenvalue weighted by Gasteiger charge is -2.39. The zero-order valence-electron chi connectivity index (χ0n) is 16.0. The average molecular weight is 432 g/mol. The van der Waals surface area contributed by atoms with E-state index in [1.54, 1.807) is 0 Å². The van der Waals surface area contributed by atoms with E-state index in [9.17, 15) is 30.3 Å². The maximum absolute atomic E-state index is 12.3. The average Bonchev–Trinajstić information content (AvgIpc) is 3.08. The topological polar surface area (TPSA) is 155 Å². The van der Waals surface area contributed by atoms with Crippen LogP contribution in [0.15, 0.2) is 54.5 Å². The quantitative estimate of drug-likeness (QED) is 0.324. The minimum atomic E-state index is -1.54. The number of hydrogen-bond acceptors (Lipinski definition) is 10. The van der Waals surface area contributed by atoms with Crippen LogP contribution < -0.4 is 14.2 Å². The first-order valence-corrected chi connectivity index (χ1v) is 9.37. The van der Waals surface area contributed by atoms with Gasteiger partial charge in [-0.05, 0) is 36.4 Å². The smallest absolute Gasteiger partial charge is 0.235 e. The summed E-state index contributed by atoms with van der Waals surface area (Å²) in [6, 6.07) is 10.2. The van der Waals surface area contributed by atoms with Gasteiger partial charge in [0.05, 0.1) is 12.2 Å². The normalized spacial score (nSPS) is 28.8. The molecule has 0 aliphatic carbocycles. The molecule has 5 N–H and O–H groups in total. The number of aromatic hydroxyl groups is 1. The van der Waals surface area contributed by atoms with Crippen LogP contribution in [0.2, 0.25) is 0 Å². The molecule has 0 spiro atoms. The van der Waals surface area contributed by atoms with Crippen LogP contribution in [-0.2, 0) is 4.74 Å². The summed E-state index contributed by atoms with van der Waals surface area (Å²) in [6.45, 7) is -0.559. The number of hydrogen-bond donors (Lipinski definition) is 5. The van der Waals surface area contributed by atoms with Crippen LogP contribution in [0.4, 0.5) is 0 Å². The molecule has 31 heavy (non-hydrogen) atoms. The minimum Gasteiger partial charge on any atom is -0.508 e. The van der Waals surface area contributed by atoms with Gasteiger partial charge in [0.25, 0.3) is 0 Å². The fraction of sp³-hybridized carbons (Fsp3) is 0.286. The third-order valence-corrected chi connectivity index (χ3v) is 4.88. The molecule has 2 aliphatic rings. The van der Waals surface area contributed by atoms with Crippen LogP contribution in [0.3, 0.4) is 0 Å². The first-order valence-electron chi connectivity index (χ1n) is 9.37. The van der Waals surface area contributed by atoms with Gasteiger partial charge in [-0.3, -0.25) is 4.79 Å². The number of phenolic OH excluding ortho intramolecular Hbond substituents is 1. The second-order valence-corrected chi connectivity index (χ2v) is 7.00. The van der Waals surface area contributed by atoms with Crippen molar-refractivity contribution in [2.45, 2.75) is 30.7 Å². The van der Waals surface area contributed by atoms with E-state index in [0.717, 1.165) is 6.26 Å². The van der Waals surface area contributed by atoms with E-state index in [-0.39, 0.29) is 28.8 Å². The summed E-state index contributed by atoms with van der Waals surface area (Å²) in [6.07, 6.45) is -5.77. The van der Waals surface area contributed by atoms with Gasteiger partial charge in [0.15, 0.2) is 0 Å². The SMILES string of the molecule is O=C1/C(=C/Oc2ccc(O[C@@H]3O[C@H](CO)[C@@H](O)[C@H](O)[C@H]3O)cc2)Oc2cc(O)ccc21. The van der Waals surface area contributed by atoms with Gasteiger partial charge in [0.2, 0.25) is 17.8 Å². The number of rotatable bonds is 5. The van der Waals surface area contributed by atoms with Crippen molar-refractivity contribution in [3.63, 3.8) is 0 Å². The third kappa shape index (κ3) is 4.20. The molecule has 10 nitrogen and oxygen atoms in total. The molecule has 10 heteroatoms. The van der Waals surface area contributed by atoms with Gasteiger partial charge >= 0.3 is 0 Å². The Morgan fingerprint density at radius 3 is 2.39 bits per heavy atom. The number of ether oxygens (including phenoxy) is 4. The van der Waals surface area contributed by atoms with Crippen molar-refractivity contribution in [1.29, 1.82) is 0 Å². The maximum atomic E-state index is 12.3. The molecule has 5 atom stereocenters. The number of Topliss-reactive ketones (excluding diaryl/α,β-unsaturated/α-hetero) is 1. The van der Waals surface area contributed by atoms with Gasteiger partial charge < -0.3 is 44.5 Å². The van der Waals surface area contributed by atoms with Crippen LogP contribution >= 0.6 is 0 Å². The molecule has 2 aliphatic heterocycles. The van der Waals surface area contributed by atoms with Gasteiger partial charge in [0, 0.05) is 6.07 Å². The molecule has 0 unspecified atom stereocenters. The van der Waals surface area contributed by atoms with Crippen molar-refractivity contribution in [3.8, 4) is 23.0 Å². The lowest BCUT2D eigenvalue weighted by Crippen LogP contribution is -2.60. The largest absolute Gasteiger partial charge is 0.508 e. The van der Waals surface area contributed by atoms with Crippen molar-refractivity contribution in [1.82, 2.24) is 0 Å². The molecule has 0 aromatic heterocycles. The highest BCUT2D eigenvalue weighted by Crippen LogP contribution is 2.34. The van der Waals surface area contributed by atoms with E-state index >= 15 is 0 Å². The van der Waals surface area contributed by atoms with Gasteiger partial charge in [-0.15, -0.1) is 0 Å². The Morgan fingerprint density at radius 2 is 1.68 bits per heavy atom. The summed E-state index contributed by atoms with van der Waals surface area (Å²) in [5.74, 6) is 0.413. The lowest BCUT2D eigenvalue weighted by atomic mass is 9.99. The van der Waals surface area contributed by atoms with Crippen LogP contribution in [0.5, 0.6) is 23.0 Å². The second kappa shape index (κ2) is 8.53. The molecule has 1 fully saturated rings. The zero-order chi connectivity index (χ0) is 22.1. The zero-order valence-corrected chi connectivity index (χ0v) is 16.0. The number of aliphatic hydroxyl groups excluding tert-OH is 4. The second-order valence-electron chi connectivity index (χ2n) is 7.00. The summed E-state index contributed by atoms with van der Waals surface area (Å²) < 4.78 is 21.6. The molecule has 2 aromatic carbocycles. The van der Waals surface area contributed by atoms with Gasteiger partial charge in [-0.25, -0.2) is 0 Å². The Balaban J connectivity index is 1.39. The summed E-state index contributed by atoms with van der Waals surface area (Å²) in [4.78, 5) is 12.3. The van der Waals surface area contributed by atoms with Gasteiger partial charge in [-0.1, -0.05) is 0 Å². The molecule has 0 radical (unpaired) electrons. The standard InChI is InChI=1S/C21H20O10/c22-8-15-18(25)19(26)20(27)21(31-15)29-12-4-2-11(3-5-12)28-9-16-17(24)13-6-1-10(23)7-14(13)30-16/h1-7,9,15,18-23,25-27H,8H2/b16-9-/t15-,18-,19+,20-,21-/m1/s1. The van der Waals surface area contributed by atoms with E-state index < -0.39 is 37.3 Å². The molecule has 2 aromatic rings. The fourth-order valence-corrected chi connectivity index (χ4v) is 3.18. The van der Waals surface area contributed by atoms with Crippen LogP contribution in [0, 0.1) is 0 Å². The summed E-state index contributed by atoms with van der Waals surface area (Å²) in [5.41, 5.74) is 0.316. The molecule has 1 saturated heterocycles. The highest BCUT2D eigenvalue weighted by molar-refractivity contribution is 6.12. The molecule has 4 rings (SSSR count). The number of carbonyl (C=O) groups is 1. The van der Waals surface area contributed by atoms with Crippen molar-refractivity contribution in [3.05, 3.63) is 60.0 Å². The Morgan fingerprint density at radius 1 is 0.968 bits per heavy atom. The van der Waals surface area contributed by atoms with Crippen molar-refractivity contribution in [2.75, 3.05) is 6.61 Å². The fourth-order valence-electron chi connectivity index (χ4n) is 3.18. The van der Waals surface area contributed by atoms with Crippen LogP contribution in [0.1, 0.15) is 10.4 Å². The van der Waals surface area contributed by atoms with E-state index in [1.165, 1.54) is 42.5 Å². The Labute approximate surface area is 176 Å². The number of ketones is 1. The lowest BCUT2D eigenvalue weighted by molar-refractivity contribution is -0.277. The Kier molecular flexibility index (Phi) is 5.81. The molecule has 164 valence electrons. The molecule has 2 heterocycles. The summed E-state index contributed by atoms with van der Waals surface area (Å²) in [7, 11) is 0. The van der Waals surface area contributed by atoms with Gasteiger partial charge in [-0.2, -0.15) is 0 Å². The van der Waals surface area contributed by atoms with Crippen molar-refractivity contribution >= 4 is 5.78 Å². The van der Waals surface area contributed by atoms with E-state index in [0.29, 0.717) is 11.3 Å². The molecule has 0 amide bonds. The van der Waals surface area contributed by atoms with Crippen LogP contribution in [-0.4, -0.2) is 68.6 Å². The molecular formula is C21H20O10. The van der Waals surface area contributed by atoms with Crippen molar-refractivity contribution < 1.29 is 49.3 Å². The highest BCUT2D eigenvalue weighted by Gasteiger charge is 2.44. The van der Waals surface area contributed by atoms with E-state index in [2.05, 4.69) is 0 Å². The van der Waals surface area contributed by atoms with Crippen LogP contribution in [0.25, 0.3) is 0 Å². The van der Waals surface area contributed by atoms with E-state index in [1.807, 2.05) is 0 Å². The third-order valence-electron chi connectivity index (χ3n) is 4.88. The summed E-state index contributed by atoms with van der Waals surface area (Å²) in [5, 5.41) is 48.3. The first kappa shape index (κ1) is 21.1. The minimum absolute atomic E-state index is 0.0243. The molecule has 0 bridgehead atoms. The number of allylic oxidation sites excluding steroid dienone is 1. The predicted molar refractivity (Wildman–Crippen MR) is 103 cm³/mol. The van der Waals surface area contributed by atoms with Crippen molar-refractivity contribution in [2.24, 2.45) is 0 Å². The highest BCUT2D eigenvalue weighted by atomic mass is 16.7. The predicted octanol–water partition coefficient (Wildman–Crippen LogP) is 0.0664.